The van der Waals surface area contributed by atoms with E-state index >= 15 is 0 Å². The molecule has 0 radical (unpaired) electrons. The summed E-state index contributed by atoms with van der Waals surface area (Å²) in [5, 5.41) is 0. The van der Waals surface area contributed by atoms with Crippen LogP contribution >= 0.6 is 0 Å². The van der Waals surface area contributed by atoms with Crippen molar-refractivity contribution in [1.82, 2.24) is 0 Å². The van der Waals surface area contributed by atoms with E-state index in [0.29, 0.717) is 5.92 Å². The van der Waals surface area contributed by atoms with Crippen LogP contribution in [0.5, 0.6) is 0 Å². The van der Waals surface area contributed by atoms with E-state index in [1.54, 1.807) is 5.56 Å². The molecule has 1 heteroatoms. The first-order chi connectivity index (χ1) is 26.0. The summed E-state index contributed by atoms with van der Waals surface area (Å²) in [6, 6.07) is 43.5. The molecule has 5 aliphatic rings. The lowest BCUT2D eigenvalue weighted by molar-refractivity contribution is 0.420. The Kier molecular flexibility index (Phi) is 8.61. The third-order valence-electron chi connectivity index (χ3n) is 14.8. The maximum absolute atomic E-state index is 2.55. The van der Waals surface area contributed by atoms with Gasteiger partial charge in [0.25, 0.3) is 0 Å². The summed E-state index contributed by atoms with van der Waals surface area (Å²) >= 11 is 0. The maximum Gasteiger partial charge on any atom is 0.0465 e. The number of hydrogen-bond acceptors (Lipinski definition) is 1. The number of anilines is 3. The molecular weight excluding hydrogens is 639 g/mol. The molecular formula is C52H57N. The zero-order chi connectivity index (χ0) is 35.5. The highest BCUT2D eigenvalue weighted by Gasteiger charge is 2.40. The van der Waals surface area contributed by atoms with Gasteiger partial charge in [0, 0.05) is 22.5 Å². The highest BCUT2D eigenvalue weighted by atomic mass is 15.1. The average Bonchev–Trinajstić information content (AvgIpc) is 3.92. The zero-order valence-electron chi connectivity index (χ0n) is 32.1. The highest BCUT2D eigenvalue weighted by molar-refractivity contribution is 5.87. The number of benzene rings is 5. The van der Waals surface area contributed by atoms with E-state index in [1.807, 2.05) is 0 Å². The molecule has 270 valence electrons. The Morgan fingerprint density at radius 2 is 1.08 bits per heavy atom. The number of rotatable bonds is 7. The van der Waals surface area contributed by atoms with Crippen molar-refractivity contribution in [1.29, 1.82) is 0 Å². The lowest BCUT2D eigenvalue weighted by atomic mass is 9.81. The van der Waals surface area contributed by atoms with E-state index in [2.05, 4.69) is 128 Å². The molecule has 0 spiro atoms. The Hall–Kier alpha value is -4.10. The van der Waals surface area contributed by atoms with Crippen LogP contribution < -0.4 is 4.90 Å². The minimum Gasteiger partial charge on any atom is -0.310 e. The van der Waals surface area contributed by atoms with Crippen LogP contribution in [0, 0.1) is 11.8 Å². The predicted octanol–water partition coefficient (Wildman–Crippen LogP) is 15.1. The van der Waals surface area contributed by atoms with E-state index in [0.717, 1.165) is 23.7 Å². The van der Waals surface area contributed by atoms with Crippen molar-refractivity contribution < 1.29 is 0 Å². The minimum absolute atomic E-state index is 0.0972. The van der Waals surface area contributed by atoms with Gasteiger partial charge in [0.15, 0.2) is 0 Å². The normalized spacial score (nSPS) is 23.5. The number of nitrogens with zero attached hydrogens (tertiary/aromatic N) is 1. The fourth-order valence-electron chi connectivity index (χ4n) is 11.8. The van der Waals surface area contributed by atoms with Gasteiger partial charge in [0.1, 0.15) is 0 Å². The van der Waals surface area contributed by atoms with Crippen LogP contribution in [0.15, 0.2) is 109 Å². The van der Waals surface area contributed by atoms with Crippen LogP contribution in [0.2, 0.25) is 0 Å². The monoisotopic (exact) mass is 695 g/mol. The van der Waals surface area contributed by atoms with Gasteiger partial charge in [0.05, 0.1) is 0 Å². The van der Waals surface area contributed by atoms with E-state index in [9.17, 15) is 0 Å². The largest absolute Gasteiger partial charge is 0.310 e. The second-order valence-corrected chi connectivity index (χ2v) is 18.2. The molecule has 4 saturated carbocycles. The van der Waals surface area contributed by atoms with E-state index in [4.69, 9.17) is 0 Å². The fourth-order valence-corrected chi connectivity index (χ4v) is 11.8. The van der Waals surface area contributed by atoms with Gasteiger partial charge in [-0.15, -0.1) is 0 Å². The van der Waals surface area contributed by atoms with Crippen molar-refractivity contribution in [3.63, 3.8) is 0 Å². The van der Waals surface area contributed by atoms with Crippen LogP contribution in [-0.4, -0.2) is 0 Å². The Bertz CT molecular complexity index is 2090. The third kappa shape index (κ3) is 6.07. The molecule has 0 saturated heterocycles. The molecule has 10 rings (SSSR count). The van der Waals surface area contributed by atoms with Crippen molar-refractivity contribution in [2.24, 2.45) is 11.8 Å². The summed E-state index contributed by atoms with van der Waals surface area (Å²) in [7, 11) is 0. The average molecular weight is 696 g/mol. The first-order valence-electron chi connectivity index (χ1n) is 21.4. The van der Waals surface area contributed by atoms with Crippen molar-refractivity contribution in [3.8, 4) is 22.3 Å². The summed E-state index contributed by atoms with van der Waals surface area (Å²) in [6.07, 6.45) is 19.3. The first-order valence-corrected chi connectivity index (χ1v) is 21.4. The maximum atomic E-state index is 2.55. The number of fused-ring (bicyclic) bond motifs is 5. The smallest absolute Gasteiger partial charge is 0.0465 e. The van der Waals surface area contributed by atoms with Crippen LogP contribution in [0.1, 0.15) is 149 Å². The van der Waals surface area contributed by atoms with Gasteiger partial charge < -0.3 is 4.90 Å². The Morgan fingerprint density at radius 1 is 0.472 bits per heavy atom. The summed E-state index contributed by atoms with van der Waals surface area (Å²) < 4.78 is 0. The molecule has 4 fully saturated rings. The molecule has 2 bridgehead atoms. The van der Waals surface area contributed by atoms with Gasteiger partial charge in [-0.05, 0) is 167 Å². The summed E-state index contributed by atoms with van der Waals surface area (Å²) in [4.78, 5) is 2.55. The van der Waals surface area contributed by atoms with Crippen molar-refractivity contribution in [2.75, 3.05) is 4.90 Å². The van der Waals surface area contributed by atoms with Crippen molar-refractivity contribution in [3.05, 3.63) is 137 Å². The van der Waals surface area contributed by atoms with E-state index in [1.165, 1.54) is 151 Å². The molecule has 3 atom stereocenters. The lowest BCUT2D eigenvalue weighted by Gasteiger charge is -2.30. The number of hydrogen-bond donors (Lipinski definition) is 0. The van der Waals surface area contributed by atoms with Gasteiger partial charge in [-0.2, -0.15) is 0 Å². The fraction of sp³-hybridized carbons (Fsp3) is 0.423. The molecule has 5 aromatic carbocycles. The Balaban J connectivity index is 0.997. The molecule has 53 heavy (non-hydrogen) atoms. The minimum atomic E-state index is -0.0972. The molecule has 0 amide bonds. The molecule has 5 aromatic rings. The summed E-state index contributed by atoms with van der Waals surface area (Å²) in [5.41, 5.74) is 16.6. The lowest BCUT2D eigenvalue weighted by Crippen LogP contribution is -2.17. The first kappa shape index (κ1) is 33.5. The molecule has 0 N–H and O–H groups in total. The topological polar surface area (TPSA) is 3.24 Å². The molecule has 1 nitrogen and oxygen atoms in total. The summed E-state index contributed by atoms with van der Waals surface area (Å²) in [6.45, 7) is 4.88. The Labute approximate surface area is 318 Å². The molecule has 0 aromatic heterocycles. The van der Waals surface area contributed by atoms with Crippen molar-refractivity contribution in [2.45, 2.75) is 127 Å². The van der Waals surface area contributed by atoms with Gasteiger partial charge >= 0.3 is 0 Å². The molecule has 3 unspecified atom stereocenters. The summed E-state index contributed by atoms with van der Waals surface area (Å²) in [5.74, 6) is 4.04. The second-order valence-electron chi connectivity index (χ2n) is 18.2. The van der Waals surface area contributed by atoms with E-state index < -0.39 is 0 Å². The van der Waals surface area contributed by atoms with Gasteiger partial charge in [-0.3, -0.25) is 0 Å². The van der Waals surface area contributed by atoms with Gasteiger partial charge in [-0.25, -0.2) is 0 Å². The molecule has 5 aliphatic carbocycles. The quantitative estimate of drug-likeness (QED) is 0.164. The zero-order valence-corrected chi connectivity index (χ0v) is 32.1. The van der Waals surface area contributed by atoms with Crippen LogP contribution in [-0.2, 0) is 5.41 Å². The second kappa shape index (κ2) is 13.6. The standard InChI is InChI=1S/C52H57N/c1-52(2)50-33-42(39-20-18-38(19-21-39)36-10-5-3-6-11-36)24-28-47(50)48-29-27-46(34-51(48)52)53(45-15-9-14-41(32-45)37-12-7-4-8-13-37)44-25-22-40(23-26-44)49-31-35-16-17-43(49)30-35/h9,14-15,18-29,32-37,43,49H,3-8,10-13,16-17,30-31H2,1-2H3. The van der Waals surface area contributed by atoms with Crippen LogP contribution in [0.25, 0.3) is 22.3 Å². The predicted molar refractivity (Wildman–Crippen MR) is 224 cm³/mol. The third-order valence-corrected chi connectivity index (χ3v) is 14.8. The van der Waals surface area contributed by atoms with Crippen LogP contribution in [0.3, 0.4) is 0 Å². The SMILES string of the molecule is CC1(C)c2cc(-c3ccc(C4CCCCC4)cc3)ccc2-c2ccc(N(c3ccc(C4CC5CCC4C5)cc3)c3cccc(C4CCCCC4)c3)cc21. The van der Waals surface area contributed by atoms with Crippen LogP contribution in [0.4, 0.5) is 17.1 Å². The molecule has 0 aliphatic heterocycles. The van der Waals surface area contributed by atoms with Gasteiger partial charge in [0.2, 0.25) is 0 Å². The van der Waals surface area contributed by atoms with E-state index in [-0.39, 0.29) is 5.41 Å². The Morgan fingerprint density at radius 3 is 1.75 bits per heavy atom. The molecule has 0 heterocycles. The highest BCUT2D eigenvalue weighted by Crippen LogP contribution is 2.54. The van der Waals surface area contributed by atoms with Crippen molar-refractivity contribution >= 4 is 17.1 Å². The van der Waals surface area contributed by atoms with Gasteiger partial charge in [-0.1, -0.05) is 126 Å².